The van der Waals surface area contributed by atoms with E-state index < -0.39 is 20.6 Å². The summed E-state index contributed by atoms with van der Waals surface area (Å²) in [6.45, 7) is 3.58. The Morgan fingerprint density at radius 2 is 2.05 bits per heavy atom. The SMILES string of the molecule is Cc1nc(NS(=O)(=O)c2cc([N+](=O)[O-])c(NN)s2)sc1C. The zero-order valence-electron chi connectivity index (χ0n) is 10.9. The van der Waals surface area contributed by atoms with Crippen LogP contribution in [-0.4, -0.2) is 18.3 Å². The highest BCUT2D eigenvalue weighted by molar-refractivity contribution is 7.95. The Bertz CT molecular complexity index is 775. The van der Waals surface area contributed by atoms with Crippen LogP contribution in [0.4, 0.5) is 15.8 Å². The minimum atomic E-state index is -3.95. The van der Waals surface area contributed by atoms with Crippen LogP contribution in [0.25, 0.3) is 0 Å². The highest BCUT2D eigenvalue weighted by atomic mass is 32.2. The summed E-state index contributed by atoms with van der Waals surface area (Å²) in [6, 6.07) is 0.954. The summed E-state index contributed by atoms with van der Waals surface area (Å²) in [4.78, 5) is 15.1. The van der Waals surface area contributed by atoms with E-state index in [1.54, 1.807) is 6.92 Å². The van der Waals surface area contributed by atoms with Crippen LogP contribution in [0, 0.1) is 24.0 Å². The van der Waals surface area contributed by atoms with Crippen LogP contribution in [0.3, 0.4) is 0 Å². The van der Waals surface area contributed by atoms with Gasteiger partial charge in [-0.25, -0.2) is 19.2 Å². The maximum Gasteiger partial charge on any atom is 0.306 e. The van der Waals surface area contributed by atoms with Crippen LogP contribution >= 0.6 is 22.7 Å². The molecule has 0 saturated carbocycles. The molecule has 0 atom stereocenters. The number of sulfonamides is 1. The van der Waals surface area contributed by atoms with Gasteiger partial charge in [0.25, 0.3) is 10.0 Å². The average molecular weight is 349 g/mol. The van der Waals surface area contributed by atoms with Crippen molar-refractivity contribution in [1.29, 1.82) is 0 Å². The molecule has 0 amide bonds. The molecule has 2 heterocycles. The first-order valence-electron chi connectivity index (χ1n) is 5.46. The topological polar surface area (TPSA) is 140 Å². The molecule has 2 aromatic rings. The van der Waals surface area contributed by atoms with Gasteiger partial charge < -0.3 is 5.43 Å². The number of hydrazine groups is 1. The zero-order chi connectivity index (χ0) is 15.8. The Labute approximate surface area is 128 Å². The molecule has 2 rings (SSSR count). The third-order valence-corrected chi connectivity index (χ3v) is 6.52. The predicted octanol–water partition coefficient (Wildman–Crippen LogP) is 1.82. The molecule has 0 aliphatic rings. The van der Waals surface area contributed by atoms with E-state index >= 15 is 0 Å². The molecule has 0 unspecified atom stereocenters. The van der Waals surface area contributed by atoms with E-state index in [0.29, 0.717) is 11.3 Å². The van der Waals surface area contributed by atoms with E-state index in [0.717, 1.165) is 16.6 Å². The van der Waals surface area contributed by atoms with Gasteiger partial charge in [0, 0.05) is 10.9 Å². The van der Waals surface area contributed by atoms with Crippen molar-refractivity contribution in [2.24, 2.45) is 5.84 Å². The lowest BCUT2D eigenvalue weighted by atomic mass is 10.4. The minimum absolute atomic E-state index is 0.0353. The average Bonchev–Trinajstić information content (AvgIpc) is 2.93. The molecule has 0 radical (unpaired) electrons. The molecule has 0 saturated heterocycles. The van der Waals surface area contributed by atoms with Crippen molar-refractivity contribution in [2.75, 3.05) is 10.1 Å². The van der Waals surface area contributed by atoms with Gasteiger partial charge in [-0.15, -0.1) is 11.3 Å². The third kappa shape index (κ3) is 3.12. The molecule has 12 heteroatoms. The number of hydrogen-bond donors (Lipinski definition) is 3. The van der Waals surface area contributed by atoms with Crippen molar-refractivity contribution >= 4 is 48.5 Å². The van der Waals surface area contributed by atoms with E-state index in [2.05, 4.69) is 15.1 Å². The lowest BCUT2D eigenvalue weighted by Gasteiger charge is -2.01. The van der Waals surface area contributed by atoms with Crippen molar-refractivity contribution in [3.63, 3.8) is 0 Å². The zero-order valence-corrected chi connectivity index (χ0v) is 13.4. The number of aryl methyl sites for hydroxylation is 2. The van der Waals surface area contributed by atoms with Gasteiger partial charge in [-0.05, 0) is 13.8 Å². The summed E-state index contributed by atoms with van der Waals surface area (Å²) in [7, 11) is -3.95. The minimum Gasteiger partial charge on any atom is -0.310 e. The molecule has 114 valence electrons. The van der Waals surface area contributed by atoms with E-state index in [1.165, 1.54) is 11.3 Å². The van der Waals surface area contributed by atoms with Crippen LogP contribution in [0.15, 0.2) is 10.3 Å². The summed E-state index contributed by atoms with van der Waals surface area (Å²) in [5, 5.41) is 11.0. The fourth-order valence-corrected chi connectivity index (χ4v) is 4.70. The lowest BCUT2D eigenvalue weighted by Crippen LogP contribution is -2.11. The second-order valence-corrected chi connectivity index (χ2v) is 8.11. The Balaban J connectivity index is 2.37. The largest absolute Gasteiger partial charge is 0.310 e. The van der Waals surface area contributed by atoms with Crippen molar-refractivity contribution in [1.82, 2.24) is 4.98 Å². The van der Waals surface area contributed by atoms with Gasteiger partial charge in [0.05, 0.1) is 10.6 Å². The molecule has 2 aromatic heterocycles. The molecule has 0 aliphatic heterocycles. The highest BCUT2D eigenvalue weighted by Crippen LogP contribution is 2.37. The number of anilines is 2. The third-order valence-electron chi connectivity index (χ3n) is 2.53. The summed E-state index contributed by atoms with van der Waals surface area (Å²) in [5.41, 5.74) is 2.45. The molecule has 9 nitrogen and oxygen atoms in total. The number of nitrogens with two attached hydrogens (primary N) is 1. The molecule has 0 spiro atoms. The first kappa shape index (κ1) is 15.6. The van der Waals surface area contributed by atoms with Gasteiger partial charge in [-0.3, -0.25) is 14.8 Å². The van der Waals surface area contributed by atoms with E-state index in [1.807, 2.05) is 6.92 Å². The standard InChI is InChI=1S/C9H11N5O4S3/c1-4-5(2)19-9(11-4)13-21(17,18)7-3-6(14(15)16)8(12-10)20-7/h3,12H,10H2,1-2H3,(H,11,13). The van der Waals surface area contributed by atoms with Crippen molar-refractivity contribution in [3.05, 3.63) is 26.8 Å². The highest BCUT2D eigenvalue weighted by Gasteiger charge is 2.26. The smallest absolute Gasteiger partial charge is 0.306 e. The number of nitrogen functional groups attached to an aromatic ring is 1. The Morgan fingerprint density at radius 1 is 1.38 bits per heavy atom. The molecule has 4 N–H and O–H groups in total. The molecule has 0 aliphatic carbocycles. The van der Waals surface area contributed by atoms with Crippen LogP contribution in [0.2, 0.25) is 0 Å². The number of thiazole rings is 1. The first-order chi connectivity index (χ1) is 9.74. The maximum atomic E-state index is 12.2. The monoisotopic (exact) mass is 349 g/mol. The number of aromatic nitrogens is 1. The number of rotatable bonds is 5. The van der Waals surface area contributed by atoms with Gasteiger partial charge in [0.2, 0.25) is 0 Å². The van der Waals surface area contributed by atoms with Gasteiger partial charge in [0.1, 0.15) is 4.21 Å². The molecule has 0 aromatic carbocycles. The Morgan fingerprint density at radius 3 is 2.48 bits per heavy atom. The van der Waals surface area contributed by atoms with Crippen LogP contribution in [0.1, 0.15) is 10.6 Å². The molecule has 21 heavy (non-hydrogen) atoms. The lowest BCUT2D eigenvalue weighted by molar-refractivity contribution is -0.383. The van der Waals surface area contributed by atoms with Gasteiger partial charge >= 0.3 is 5.69 Å². The van der Waals surface area contributed by atoms with Crippen LogP contribution in [-0.2, 0) is 10.0 Å². The fraction of sp³-hybridized carbons (Fsp3) is 0.222. The second-order valence-electron chi connectivity index (χ2n) is 3.95. The fourth-order valence-electron chi connectivity index (χ4n) is 1.41. The van der Waals surface area contributed by atoms with Gasteiger partial charge in [0.15, 0.2) is 10.1 Å². The Hall–Kier alpha value is -1.76. The first-order valence-corrected chi connectivity index (χ1v) is 8.58. The van der Waals surface area contributed by atoms with Crippen molar-refractivity contribution in [3.8, 4) is 0 Å². The summed E-state index contributed by atoms with van der Waals surface area (Å²) in [6.07, 6.45) is 0. The van der Waals surface area contributed by atoms with Crippen LogP contribution in [0.5, 0.6) is 0 Å². The number of nitrogens with zero attached hydrogens (tertiary/aromatic N) is 2. The van der Waals surface area contributed by atoms with E-state index in [4.69, 9.17) is 5.84 Å². The normalized spacial score (nSPS) is 11.4. The van der Waals surface area contributed by atoms with E-state index in [-0.39, 0.29) is 14.3 Å². The van der Waals surface area contributed by atoms with Gasteiger partial charge in [-0.1, -0.05) is 11.3 Å². The number of nitro groups is 1. The Kier molecular flexibility index (Phi) is 4.13. The summed E-state index contributed by atoms with van der Waals surface area (Å²) >= 11 is 1.86. The predicted molar refractivity (Wildman–Crippen MR) is 81.2 cm³/mol. The molecular weight excluding hydrogens is 338 g/mol. The van der Waals surface area contributed by atoms with Crippen molar-refractivity contribution < 1.29 is 13.3 Å². The number of nitrogens with one attached hydrogen (secondary N) is 2. The maximum absolute atomic E-state index is 12.2. The van der Waals surface area contributed by atoms with Crippen molar-refractivity contribution in [2.45, 2.75) is 18.1 Å². The molecule has 0 bridgehead atoms. The van der Waals surface area contributed by atoms with Gasteiger partial charge in [-0.2, -0.15) is 0 Å². The number of thiophene rings is 1. The summed E-state index contributed by atoms with van der Waals surface area (Å²) in [5.74, 6) is 5.15. The quantitative estimate of drug-likeness (QED) is 0.425. The molecule has 0 fully saturated rings. The second kappa shape index (κ2) is 5.55. The molecular formula is C9H11N5O4S3. The van der Waals surface area contributed by atoms with Crippen LogP contribution < -0.4 is 16.0 Å². The summed E-state index contributed by atoms with van der Waals surface area (Å²) < 4.78 is 26.5. The van der Waals surface area contributed by atoms with E-state index in [9.17, 15) is 18.5 Å². The number of hydrogen-bond acceptors (Lipinski definition) is 9.